The Kier molecular flexibility index (Phi) is 4.77. The van der Waals surface area contributed by atoms with Gasteiger partial charge in [-0.05, 0) is 39.7 Å². The lowest BCUT2D eigenvalue weighted by Gasteiger charge is -2.40. The molecule has 2 N–H and O–H groups in total. The maximum atomic E-state index is 11.6. The number of carbonyl (C=O) groups excluding carboxylic acids is 1. The van der Waals surface area contributed by atoms with Gasteiger partial charge in [0.1, 0.15) is 11.8 Å². The van der Waals surface area contributed by atoms with E-state index in [-0.39, 0.29) is 6.09 Å². The number of carbonyl (C=O) groups is 1. The van der Waals surface area contributed by atoms with Crippen LogP contribution in [-0.4, -0.2) is 47.6 Å². The van der Waals surface area contributed by atoms with Crippen molar-refractivity contribution in [2.24, 2.45) is 5.92 Å². The summed E-state index contributed by atoms with van der Waals surface area (Å²) in [5.74, 6) is 0.372. The summed E-state index contributed by atoms with van der Waals surface area (Å²) in [7, 11) is 0. The number of likely N-dealkylation sites (tertiary alicyclic amines) is 1. The van der Waals surface area contributed by atoms with Gasteiger partial charge in [-0.3, -0.25) is 5.32 Å². The standard InChI is InChI=1S/C12H24N2O3/c1-5-13-10(15)6-9-7-14(8-9)11(16)17-12(2,3)4/h9-10,13,15H,5-8H2,1-4H3. The molecule has 1 saturated heterocycles. The molecule has 1 aliphatic rings. The number of ether oxygens (including phenoxy) is 1. The number of hydrogen-bond donors (Lipinski definition) is 2. The van der Waals surface area contributed by atoms with E-state index in [1.54, 1.807) is 4.90 Å². The number of nitrogens with one attached hydrogen (secondary N) is 1. The molecule has 0 aromatic heterocycles. The van der Waals surface area contributed by atoms with Gasteiger partial charge in [0.25, 0.3) is 0 Å². The summed E-state index contributed by atoms with van der Waals surface area (Å²) in [5, 5.41) is 12.5. The van der Waals surface area contributed by atoms with E-state index < -0.39 is 11.8 Å². The van der Waals surface area contributed by atoms with E-state index in [2.05, 4.69) is 5.32 Å². The van der Waals surface area contributed by atoms with Crippen molar-refractivity contribution in [1.82, 2.24) is 10.2 Å². The van der Waals surface area contributed by atoms with Crippen molar-refractivity contribution in [3.05, 3.63) is 0 Å². The number of rotatable bonds is 4. The molecule has 0 spiro atoms. The minimum absolute atomic E-state index is 0.258. The summed E-state index contributed by atoms with van der Waals surface area (Å²) in [6.07, 6.45) is -0.0369. The van der Waals surface area contributed by atoms with E-state index in [0.717, 1.165) is 6.54 Å². The van der Waals surface area contributed by atoms with Gasteiger partial charge < -0.3 is 14.7 Å². The summed E-state index contributed by atoms with van der Waals surface area (Å²) < 4.78 is 5.25. The molecule has 0 aliphatic carbocycles. The summed E-state index contributed by atoms with van der Waals surface area (Å²) in [5.41, 5.74) is -0.439. The number of hydrogen-bond acceptors (Lipinski definition) is 4. The molecule has 100 valence electrons. The molecular formula is C12H24N2O3. The average molecular weight is 244 g/mol. The Labute approximate surface area is 103 Å². The molecule has 0 bridgehead atoms. The Hall–Kier alpha value is -0.810. The van der Waals surface area contributed by atoms with Crippen LogP contribution in [-0.2, 0) is 4.74 Å². The molecule has 17 heavy (non-hydrogen) atoms. The van der Waals surface area contributed by atoms with Crippen molar-refractivity contribution >= 4 is 6.09 Å². The largest absolute Gasteiger partial charge is 0.444 e. The molecule has 0 aromatic carbocycles. The van der Waals surface area contributed by atoms with Crippen LogP contribution in [0.3, 0.4) is 0 Å². The maximum absolute atomic E-state index is 11.6. The molecule has 1 heterocycles. The summed E-state index contributed by atoms with van der Waals surface area (Å²) in [4.78, 5) is 13.3. The molecule has 0 radical (unpaired) electrons. The van der Waals surface area contributed by atoms with Crippen LogP contribution in [0.15, 0.2) is 0 Å². The Morgan fingerprint density at radius 1 is 1.53 bits per heavy atom. The Bertz CT molecular complexity index is 257. The first-order valence-electron chi connectivity index (χ1n) is 6.21. The van der Waals surface area contributed by atoms with Crippen LogP contribution in [0, 0.1) is 5.92 Å². The highest BCUT2D eigenvalue weighted by atomic mass is 16.6. The highest BCUT2D eigenvalue weighted by Crippen LogP contribution is 2.22. The van der Waals surface area contributed by atoms with Crippen molar-refractivity contribution in [2.45, 2.75) is 45.9 Å². The molecule has 1 unspecified atom stereocenters. The highest BCUT2D eigenvalue weighted by molar-refractivity contribution is 5.69. The lowest BCUT2D eigenvalue weighted by Crippen LogP contribution is -2.53. The third-order valence-electron chi connectivity index (χ3n) is 2.61. The fraction of sp³-hybridized carbons (Fsp3) is 0.917. The zero-order valence-electron chi connectivity index (χ0n) is 11.2. The van der Waals surface area contributed by atoms with E-state index in [4.69, 9.17) is 4.74 Å². The normalized spacial score (nSPS) is 18.8. The third-order valence-corrected chi connectivity index (χ3v) is 2.61. The third kappa shape index (κ3) is 4.91. The van der Waals surface area contributed by atoms with Crippen molar-refractivity contribution < 1.29 is 14.6 Å². The van der Waals surface area contributed by atoms with Crippen LogP contribution in [0.5, 0.6) is 0 Å². The van der Waals surface area contributed by atoms with E-state index >= 15 is 0 Å². The Balaban J connectivity index is 2.20. The van der Waals surface area contributed by atoms with Gasteiger partial charge in [-0.25, -0.2) is 4.79 Å². The second-order valence-corrected chi connectivity index (χ2v) is 5.56. The van der Waals surface area contributed by atoms with Crippen molar-refractivity contribution in [2.75, 3.05) is 19.6 Å². The first-order valence-corrected chi connectivity index (χ1v) is 6.21. The zero-order valence-corrected chi connectivity index (χ0v) is 11.2. The molecule has 1 fully saturated rings. The van der Waals surface area contributed by atoms with Crippen molar-refractivity contribution in [3.8, 4) is 0 Å². The molecular weight excluding hydrogens is 220 g/mol. The highest BCUT2D eigenvalue weighted by Gasteiger charge is 2.34. The van der Waals surface area contributed by atoms with Crippen LogP contribution in [0.2, 0.25) is 0 Å². The summed E-state index contributed by atoms with van der Waals surface area (Å²) in [6, 6.07) is 0. The van der Waals surface area contributed by atoms with Gasteiger partial charge >= 0.3 is 6.09 Å². The van der Waals surface area contributed by atoms with Gasteiger partial charge in [0.05, 0.1) is 0 Å². The lowest BCUT2D eigenvalue weighted by atomic mass is 9.96. The molecule has 1 rings (SSSR count). The van der Waals surface area contributed by atoms with Crippen molar-refractivity contribution in [1.29, 1.82) is 0 Å². The lowest BCUT2D eigenvalue weighted by molar-refractivity contribution is -0.0121. The van der Waals surface area contributed by atoms with Gasteiger partial charge in [-0.2, -0.15) is 0 Å². The molecule has 5 heteroatoms. The Morgan fingerprint density at radius 3 is 2.59 bits per heavy atom. The number of nitrogens with zero attached hydrogens (tertiary/aromatic N) is 1. The number of aliphatic hydroxyl groups is 1. The molecule has 1 aliphatic heterocycles. The van der Waals surface area contributed by atoms with Gasteiger partial charge in [0.15, 0.2) is 0 Å². The molecule has 0 aromatic rings. The fourth-order valence-corrected chi connectivity index (χ4v) is 1.83. The minimum Gasteiger partial charge on any atom is -0.444 e. The molecule has 0 saturated carbocycles. The predicted octanol–water partition coefficient (Wildman–Crippen LogP) is 1.17. The molecule has 5 nitrogen and oxygen atoms in total. The maximum Gasteiger partial charge on any atom is 0.410 e. The van der Waals surface area contributed by atoms with Crippen LogP contribution in [0.1, 0.15) is 34.1 Å². The topological polar surface area (TPSA) is 61.8 Å². The van der Waals surface area contributed by atoms with E-state index in [1.165, 1.54) is 0 Å². The van der Waals surface area contributed by atoms with E-state index in [0.29, 0.717) is 25.4 Å². The van der Waals surface area contributed by atoms with Crippen LogP contribution in [0.4, 0.5) is 4.79 Å². The first kappa shape index (κ1) is 14.3. The van der Waals surface area contributed by atoms with Gasteiger partial charge in [0.2, 0.25) is 0 Å². The second-order valence-electron chi connectivity index (χ2n) is 5.56. The van der Waals surface area contributed by atoms with Gasteiger partial charge in [0, 0.05) is 13.1 Å². The van der Waals surface area contributed by atoms with E-state index in [9.17, 15) is 9.90 Å². The number of amides is 1. The fourth-order valence-electron chi connectivity index (χ4n) is 1.83. The molecule has 1 amide bonds. The first-order chi connectivity index (χ1) is 7.81. The minimum atomic E-state index is -0.467. The monoisotopic (exact) mass is 244 g/mol. The average Bonchev–Trinajstić information content (AvgIpc) is 2.07. The SMILES string of the molecule is CCNC(O)CC1CN(C(=O)OC(C)(C)C)C1. The van der Waals surface area contributed by atoms with Gasteiger partial charge in [-0.1, -0.05) is 6.92 Å². The van der Waals surface area contributed by atoms with Gasteiger partial charge in [-0.15, -0.1) is 0 Å². The quantitative estimate of drug-likeness (QED) is 0.729. The summed E-state index contributed by atoms with van der Waals surface area (Å²) >= 11 is 0. The number of aliphatic hydroxyl groups excluding tert-OH is 1. The van der Waals surface area contributed by atoms with Crippen LogP contribution >= 0.6 is 0 Å². The molecule has 1 atom stereocenters. The van der Waals surface area contributed by atoms with E-state index in [1.807, 2.05) is 27.7 Å². The zero-order chi connectivity index (χ0) is 13.1. The van der Waals surface area contributed by atoms with Crippen LogP contribution in [0.25, 0.3) is 0 Å². The predicted molar refractivity (Wildman–Crippen MR) is 65.6 cm³/mol. The second kappa shape index (κ2) is 5.69. The smallest absolute Gasteiger partial charge is 0.410 e. The summed E-state index contributed by atoms with van der Waals surface area (Å²) in [6.45, 7) is 9.64. The van der Waals surface area contributed by atoms with Crippen LogP contribution < -0.4 is 5.32 Å². The van der Waals surface area contributed by atoms with Crippen molar-refractivity contribution in [3.63, 3.8) is 0 Å². The Morgan fingerprint density at radius 2 is 2.12 bits per heavy atom.